The van der Waals surface area contributed by atoms with Crippen molar-refractivity contribution in [2.45, 2.75) is 16.7 Å². The third-order valence-corrected chi connectivity index (χ3v) is 5.99. The predicted molar refractivity (Wildman–Crippen MR) is 123 cm³/mol. The minimum atomic E-state index is -0.690. The Morgan fingerprint density at radius 2 is 1.68 bits per heavy atom. The van der Waals surface area contributed by atoms with E-state index >= 15 is 0 Å². The SMILES string of the molecule is CC(=O)c1cc2c(cc1NC(=O)COC(=O)c1ccccc1Sc1ccccc1C#N)OCO2. The molecule has 1 aliphatic rings. The second-order valence-corrected chi connectivity index (χ2v) is 8.22. The van der Waals surface area contributed by atoms with E-state index in [-0.39, 0.29) is 29.4 Å². The van der Waals surface area contributed by atoms with Crippen molar-refractivity contribution >= 4 is 35.1 Å². The van der Waals surface area contributed by atoms with Gasteiger partial charge in [-0.3, -0.25) is 9.59 Å². The second kappa shape index (κ2) is 10.1. The van der Waals surface area contributed by atoms with Crippen LogP contribution in [-0.4, -0.2) is 31.1 Å². The molecule has 0 aliphatic carbocycles. The first kappa shape index (κ1) is 22.9. The van der Waals surface area contributed by atoms with Crippen LogP contribution >= 0.6 is 11.8 Å². The third-order valence-electron chi connectivity index (χ3n) is 4.83. The average molecular weight is 474 g/mol. The van der Waals surface area contributed by atoms with Crippen LogP contribution in [0, 0.1) is 11.3 Å². The highest BCUT2D eigenvalue weighted by atomic mass is 32.2. The van der Waals surface area contributed by atoms with Gasteiger partial charge in [0, 0.05) is 21.4 Å². The fourth-order valence-electron chi connectivity index (χ4n) is 3.22. The first-order valence-corrected chi connectivity index (χ1v) is 11.0. The van der Waals surface area contributed by atoms with Crippen LogP contribution < -0.4 is 14.8 Å². The van der Waals surface area contributed by atoms with Gasteiger partial charge in [0.15, 0.2) is 23.9 Å². The summed E-state index contributed by atoms with van der Waals surface area (Å²) in [4.78, 5) is 38.5. The molecule has 0 bridgehead atoms. The lowest BCUT2D eigenvalue weighted by atomic mass is 10.1. The number of ether oxygens (including phenoxy) is 3. The summed E-state index contributed by atoms with van der Waals surface area (Å²) >= 11 is 1.26. The number of ketones is 1. The summed E-state index contributed by atoms with van der Waals surface area (Å²) < 4.78 is 15.8. The molecule has 170 valence electrons. The standard InChI is InChI=1S/C25H18N2O6S/c1-15(28)18-10-20-21(33-14-32-20)11-19(18)27-24(29)13-31-25(30)17-7-3-5-9-23(17)34-22-8-4-2-6-16(22)12-26/h2-11H,13-14H2,1H3,(H,27,29). The lowest BCUT2D eigenvalue weighted by molar-refractivity contribution is -0.119. The van der Waals surface area contributed by atoms with Crippen molar-refractivity contribution in [2.75, 3.05) is 18.7 Å². The Bertz CT molecular complexity index is 1330. The maximum Gasteiger partial charge on any atom is 0.339 e. The van der Waals surface area contributed by atoms with E-state index in [4.69, 9.17) is 14.2 Å². The molecule has 0 unspecified atom stereocenters. The number of esters is 1. The number of nitriles is 1. The van der Waals surface area contributed by atoms with Crippen LogP contribution in [0.15, 0.2) is 70.5 Å². The van der Waals surface area contributed by atoms with E-state index < -0.39 is 18.5 Å². The van der Waals surface area contributed by atoms with Gasteiger partial charge >= 0.3 is 5.97 Å². The molecule has 0 radical (unpaired) electrons. The highest BCUT2D eigenvalue weighted by Crippen LogP contribution is 2.37. The summed E-state index contributed by atoms with van der Waals surface area (Å²) in [6, 6.07) is 18.9. The number of nitrogens with one attached hydrogen (secondary N) is 1. The fraction of sp³-hybridized carbons (Fsp3) is 0.120. The van der Waals surface area contributed by atoms with Gasteiger partial charge < -0.3 is 19.5 Å². The Balaban J connectivity index is 1.45. The van der Waals surface area contributed by atoms with E-state index in [9.17, 15) is 19.6 Å². The normalized spacial score (nSPS) is 11.4. The number of nitrogens with zero attached hydrogens (tertiary/aromatic N) is 1. The van der Waals surface area contributed by atoms with Gasteiger partial charge in [-0.15, -0.1) is 0 Å². The number of Topliss-reactive ketones (excluding diaryl/α,β-unsaturated/α-hetero) is 1. The molecule has 4 rings (SSSR count). The summed E-state index contributed by atoms with van der Waals surface area (Å²) in [5.41, 5.74) is 1.24. The van der Waals surface area contributed by atoms with Gasteiger partial charge in [0.25, 0.3) is 5.91 Å². The highest BCUT2D eigenvalue weighted by molar-refractivity contribution is 7.99. The minimum Gasteiger partial charge on any atom is -0.454 e. The van der Waals surface area contributed by atoms with Crippen LogP contribution in [-0.2, 0) is 9.53 Å². The van der Waals surface area contributed by atoms with Gasteiger partial charge in [-0.05, 0) is 37.3 Å². The number of carbonyl (C=O) groups excluding carboxylic acids is 3. The quantitative estimate of drug-likeness (QED) is 0.395. The summed E-state index contributed by atoms with van der Waals surface area (Å²) in [5.74, 6) is -0.753. The van der Waals surface area contributed by atoms with Crippen LogP contribution in [0.1, 0.15) is 33.2 Å². The van der Waals surface area contributed by atoms with Crippen molar-refractivity contribution < 1.29 is 28.6 Å². The molecule has 1 aliphatic heterocycles. The van der Waals surface area contributed by atoms with Gasteiger partial charge in [-0.25, -0.2) is 4.79 Å². The molecule has 1 amide bonds. The highest BCUT2D eigenvalue weighted by Gasteiger charge is 2.21. The average Bonchev–Trinajstić information content (AvgIpc) is 3.30. The van der Waals surface area contributed by atoms with Crippen molar-refractivity contribution in [3.05, 3.63) is 77.4 Å². The molecule has 0 saturated heterocycles. The van der Waals surface area contributed by atoms with E-state index in [0.29, 0.717) is 26.9 Å². The predicted octanol–water partition coefficient (Wildman–Crippen LogP) is 4.44. The number of benzene rings is 3. The van der Waals surface area contributed by atoms with Crippen LogP contribution in [0.25, 0.3) is 0 Å². The molecule has 0 saturated carbocycles. The van der Waals surface area contributed by atoms with Crippen molar-refractivity contribution in [3.8, 4) is 17.6 Å². The fourth-order valence-corrected chi connectivity index (χ4v) is 4.24. The number of hydrogen-bond donors (Lipinski definition) is 1. The number of anilines is 1. The van der Waals surface area contributed by atoms with E-state index in [1.54, 1.807) is 48.5 Å². The van der Waals surface area contributed by atoms with Gasteiger partial charge in [0.1, 0.15) is 6.07 Å². The summed E-state index contributed by atoms with van der Waals surface area (Å²) in [7, 11) is 0. The molecule has 34 heavy (non-hydrogen) atoms. The minimum absolute atomic E-state index is 0.0257. The zero-order valence-electron chi connectivity index (χ0n) is 18.0. The number of hydrogen-bond acceptors (Lipinski definition) is 8. The number of rotatable bonds is 7. The Morgan fingerprint density at radius 1 is 1.00 bits per heavy atom. The Morgan fingerprint density at radius 3 is 2.41 bits per heavy atom. The van der Waals surface area contributed by atoms with Gasteiger partial charge in [0.2, 0.25) is 6.79 Å². The van der Waals surface area contributed by atoms with Crippen LogP contribution in [0.5, 0.6) is 11.5 Å². The zero-order chi connectivity index (χ0) is 24.1. The van der Waals surface area contributed by atoms with Crippen molar-refractivity contribution in [2.24, 2.45) is 0 Å². The van der Waals surface area contributed by atoms with Crippen molar-refractivity contribution in [1.82, 2.24) is 0 Å². The first-order valence-electron chi connectivity index (χ1n) is 10.1. The van der Waals surface area contributed by atoms with Crippen LogP contribution in [0.4, 0.5) is 5.69 Å². The summed E-state index contributed by atoms with van der Waals surface area (Å²) in [5, 5.41) is 11.9. The maximum atomic E-state index is 12.7. The van der Waals surface area contributed by atoms with Crippen LogP contribution in [0.2, 0.25) is 0 Å². The molecule has 1 heterocycles. The molecule has 0 spiro atoms. The largest absolute Gasteiger partial charge is 0.454 e. The lowest BCUT2D eigenvalue weighted by Crippen LogP contribution is -2.22. The molecule has 0 fully saturated rings. The van der Waals surface area contributed by atoms with E-state index in [2.05, 4.69) is 11.4 Å². The van der Waals surface area contributed by atoms with E-state index in [0.717, 1.165) is 0 Å². The molecule has 0 atom stereocenters. The molecular weight excluding hydrogens is 456 g/mol. The zero-order valence-corrected chi connectivity index (χ0v) is 18.8. The lowest BCUT2D eigenvalue weighted by Gasteiger charge is -2.12. The molecule has 0 aromatic heterocycles. The van der Waals surface area contributed by atoms with E-state index in [1.807, 2.05) is 0 Å². The molecule has 3 aromatic rings. The van der Waals surface area contributed by atoms with Crippen molar-refractivity contribution in [1.29, 1.82) is 5.26 Å². The Kier molecular flexibility index (Phi) is 6.80. The molecule has 3 aromatic carbocycles. The van der Waals surface area contributed by atoms with Crippen LogP contribution in [0.3, 0.4) is 0 Å². The van der Waals surface area contributed by atoms with Gasteiger partial charge in [-0.1, -0.05) is 36.0 Å². The monoisotopic (exact) mass is 474 g/mol. The molecule has 8 nitrogen and oxygen atoms in total. The number of carbonyl (C=O) groups is 3. The number of fused-ring (bicyclic) bond motifs is 1. The third kappa shape index (κ3) is 5.03. The Hall–Kier alpha value is -4.29. The Labute approximate surface area is 199 Å². The van der Waals surface area contributed by atoms with Gasteiger partial charge in [0.05, 0.1) is 16.8 Å². The maximum absolute atomic E-state index is 12.7. The summed E-state index contributed by atoms with van der Waals surface area (Å²) in [6.07, 6.45) is 0. The van der Waals surface area contributed by atoms with E-state index in [1.165, 1.54) is 30.8 Å². The molecule has 9 heteroatoms. The van der Waals surface area contributed by atoms with Gasteiger partial charge in [-0.2, -0.15) is 5.26 Å². The first-order chi connectivity index (χ1) is 16.5. The summed E-state index contributed by atoms with van der Waals surface area (Å²) in [6.45, 7) is 0.836. The topological polar surface area (TPSA) is 115 Å². The number of amides is 1. The molecule has 1 N–H and O–H groups in total. The smallest absolute Gasteiger partial charge is 0.339 e. The molecular formula is C25H18N2O6S. The van der Waals surface area contributed by atoms with Crippen molar-refractivity contribution in [3.63, 3.8) is 0 Å². The second-order valence-electron chi connectivity index (χ2n) is 7.14.